The number of aliphatic hydroxyl groups is 2. The van der Waals surface area contributed by atoms with E-state index in [0.29, 0.717) is 49.3 Å². The molecule has 3 aromatic heterocycles. The van der Waals surface area contributed by atoms with E-state index in [1.54, 1.807) is 0 Å². The lowest BCUT2D eigenvalue weighted by molar-refractivity contribution is -0.303. The minimum atomic E-state index is -0.787. The van der Waals surface area contributed by atoms with Crippen LogP contribution in [0, 0.1) is 55.7 Å². The Kier molecular flexibility index (Phi) is 12.2. The summed E-state index contributed by atoms with van der Waals surface area (Å²) in [5.74, 6) is 1.42. The molecule has 3 aliphatic heterocycles. The van der Waals surface area contributed by atoms with Crippen LogP contribution in [0.4, 0.5) is 0 Å². The van der Waals surface area contributed by atoms with Gasteiger partial charge >= 0.3 is 0 Å². The van der Waals surface area contributed by atoms with Crippen LogP contribution >= 0.6 is 0 Å². The van der Waals surface area contributed by atoms with Gasteiger partial charge in [0.2, 0.25) is 0 Å². The highest BCUT2D eigenvalue weighted by Crippen LogP contribution is 2.87. The molecule has 11 aliphatic rings. The Morgan fingerprint density at radius 2 is 1.59 bits per heavy atom. The molecule has 4 aromatic rings. The maximum Gasteiger partial charge on any atom is 0.160 e. The number of H-pyrrole nitrogens is 2. The van der Waals surface area contributed by atoms with Crippen molar-refractivity contribution >= 4 is 22.6 Å². The number of nitrogens with zero attached hydrogens (tertiary/aromatic N) is 1. The Hall–Kier alpha value is -3.80. The highest BCUT2D eigenvalue weighted by Gasteiger charge is 2.84. The Labute approximate surface area is 482 Å². The summed E-state index contributed by atoms with van der Waals surface area (Å²) in [6.07, 6.45) is 25.9. The number of ether oxygens (including phenoxy) is 2. The molecule has 2 saturated heterocycles. The maximum atomic E-state index is 16.5. The Bertz CT molecular complexity index is 3190. The van der Waals surface area contributed by atoms with E-state index in [1.165, 1.54) is 87.8 Å². The number of hydrogen-bond acceptors (Lipinski definition) is 7. The van der Waals surface area contributed by atoms with Crippen LogP contribution in [0.1, 0.15) is 233 Å². The average molecular weight is 1100 g/mol. The zero-order valence-electron chi connectivity index (χ0n) is 50.5. The molecule has 0 unspecified atom stereocenters. The zero-order chi connectivity index (χ0) is 56.0. The molecule has 1 aromatic carbocycles. The highest BCUT2D eigenvalue weighted by atomic mass is 16.6. The van der Waals surface area contributed by atoms with Gasteiger partial charge in [-0.25, -0.2) is 0 Å². The number of nitrogens with one attached hydrogen (secondary N) is 3. The molecule has 0 amide bonds. The summed E-state index contributed by atoms with van der Waals surface area (Å²) in [5, 5.41) is 30.9. The van der Waals surface area contributed by atoms with Crippen molar-refractivity contribution in [1.29, 1.82) is 0 Å². The van der Waals surface area contributed by atoms with Crippen LogP contribution in [-0.4, -0.2) is 87.0 Å². The first-order valence-corrected chi connectivity index (χ1v) is 32.8. The third-order valence-electron chi connectivity index (χ3n) is 27.0. The molecule has 8 aliphatic carbocycles. The molecule has 15 rings (SSSR count). The van der Waals surface area contributed by atoms with Crippen molar-refractivity contribution in [3.63, 3.8) is 0 Å². The van der Waals surface area contributed by atoms with Gasteiger partial charge in [0.1, 0.15) is 11.9 Å². The fraction of sp³-hybridized carbons (Fsp3) is 0.718. The zero-order valence-corrected chi connectivity index (χ0v) is 50.5. The van der Waals surface area contributed by atoms with Gasteiger partial charge in [-0.2, -0.15) is 0 Å². The largest absolute Gasteiger partial charge is 0.392 e. The summed E-state index contributed by atoms with van der Waals surface area (Å²) in [7, 11) is 2.05. The number of rotatable bonds is 10. The van der Waals surface area contributed by atoms with Crippen molar-refractivity contribution in [2.45, 2.75) is 237 Å². The van der Waals surface area contributed by atoms with Crippen molar-refractivity contribution < 1.29 is 29.3 Å². The Balaban J connectivity index is 0.931. The van der Waals surface area contributed by atoms with E-state index in [1.807, 2.05) is 7.05 Å². The normalized spacial score (nSPS) is 40.8. The number of aromatic amines is 2. The quantitative estimate of drug-likeness (QED) is 0.0995. The van der Waals surface area contributed by atoms with Gasteiger partial charge in [0, 0.05) is 79.2 Å². The minimum Gasteiger partial charge on any atom is -0.392 e. The van der Waals surface area contributed by atoms with E-state index in [2.05, 4.69) is 111 Å². The molecule has 6 saturated carbocycles. The first-order valence-electron chi connectivity index (χ1n) is 32.8. The lowest BCUT2D eigenvalue weighted by Crippen LogP contribution is -2.77. The number of Topliss-reactive ketones (excluding diaryl/α,β-unsaturated/α-hetero) is 2. The van der Waals surface area contributed by atoms with Crippen molar-refractivity contribution in [1.82, 2.24) is 19.9 Å². The minimum absolute atomic E-state index is 0.0770. The van der Waals surface area contributed by atoms with Gasteiger partial charge in [-0.3, -0.25) is 9.59 Å². The number of allylic oxidation sites excluding steroid dienone is 1. The van der Waals surface area contributed by atoms with Gasteiger partial charge in [-0.1, -0.05) is 84.9 Å². The van der Waals surface area contributed by atoms with Crippen molar-refractivity contribution in [3.05, 3.63) is 93.1 Å². The molecule has 81 heavy (non-hydrogen) atoms. The van der Waals surface area contributed by atoms with E-state index in [0.717, 1.165) is 109 Å². The van der Waals surface area contributed by atoms with E-state index >= 15 is 9.59 Å². The van der Waals surface area contributed by atoms with Gasteiger partial charge in [0.15, 0.2) is 5.78 Å². The third-order valence-corrected chi connectivity index (χ3v) is 27.0. The van der Waals surface area contributed by atoms with E-state index < -0.39 is 44.9 Å². The molecular formula is C71H96N4O6. The topological polar surface area (TPSA) is 145 Å². The molecular weight excluding hydrogens is 1000 g/mol. The number of fused-ring (bicyclic) bond motifs is 9. The van der Waals surface area contributed by atoms with Crippen LogP contribution in [-0.2, 0) is 38.4 Å². The third kappa shape index (κ3) is 7.33. The summed E-state index contributed by atoms with van der Waals surface area (Å²) in [6, 6.07) is 9.92. The molecule has 5 N–H and O–H groups in total. The predicted molar refractivity (Wildman–Crippen MR) is 317 cm³/mol. The number of aromatic nitrogens is 3. The smallest absolute Gasteiger partial charge is 0.160 e. The maximum absolute atomic E-state index is 16.5. The fourth-order valence-corrected chi connectivity index (χ4v) is 23.8. The second-order valence-corrected chi connectivity index (χ2v) is 31.4. The number of carbonyl (C=O) groups is 2. The van der Waals surface area contributed by atoms with E-state index in [-0.39, 0.29) is 46.4 Å². The van der Waals surface area contributed by atoms with Crippen LogP contribution in [0.15, 0.2) is 54.0 Å². The van der Waals surface area contributed by atoms with Crippen LogP contribution < -0.4 is 5.32 Å². The molecule has 10 nitrogen and oxygen atoms in total. The number of hydrogen-bond donors (Lipinski definition) is 5. The molecule has 0 radical (unpaired) electrons. The lowest BCUT2D eigenvalue weighted by Gasteiger charge is -2.79. The summed E-state index contributed by atoms with van der Waals surface area (Å²) >= 11 is 0. The van der Waals surface area contributed by atoms with Crippen LogP contribution in [0.2, 0.25) is 0 Å². The second-order valence-electron chi connectivity index (χ2n) is 31.4. The summed E-state index contributed by atoms with van der Waals surface area (Å²) in [6.45, 7) is 19.6. The molecule has 2 spiro atoms. The van der Waals surface area contributed by atoms with Gasteiger partial charge < -0.3 is 39.5 Å². The molecule has 6 heterocycles. The molecule has 10 heteroatoms. The Morgan fingerprint density at radius 1 is 0.864 bits per heavy atom. The molecule has 2 bridgehead atoms. The van der Waals surface area contributed by atoms with Gasteiger partial charge in [-0.05, 0) is 219 Å². The van der Waals surface area contributed by atoms with Gasteiger partial charge in [0.05, 0.1) is 34.8 Å². The van der Waals surface area contributed by atoms with Gasteiger partial charge in [-0.15, -0.1) is 0 Å². The number of carbonyl (C=O) groups excluding carboxylic acids is 2. The van der Waals surface area contributed by atoms with Crippen LogP contribution in [0.3, 0.4) is 0 Å². The van der Waals surface area contributed by atoms with Gasteiger partial charge in [0.25, 0.3) is 0 Å². The van der Waals surface area contributed by atoms with Crippen molar-refractivity contribution in [3.8, 4) is 0 Å². The van der Waals surface area contributed by atoms with Crippen molar-refractivity contribution in [2.75, 3.05) is 26.8 Å². The average Bonchev–Trinajstić information content (AvgIpc) is 2.70. The number of ketones is 2. The first kappa shape index (κ1) is 53.9. The monoisotopic (exact) mass is 1100 g/mol. The van der Waals surface area contributed by atoms with E-state index in [4.69, 9.17) is 9.47 Å². The first-order chi connectivity index (χ1) is 38.7. The van der Waals surface area contributed by atoms with Crippen LogP contribution in [0.5, 0.6) is 0 Å². The molecule has 8 fully saturated rings. The highest BCUT2D eigenvalue weighted by molar-refractivity contribution is 6.02. The SMILES string of the molecule is CNCC[C@]1(C)C(=O)[C@H]2c3cc[nH]c3[C@H]3CC[C@@]2(C3)[C@@]2(C)[C@H]3[C@H](O)[C@@H]4Cn5cc(Cc6cc(C7CCCCC7)cc(C7CCOCC7)c6)c6[nH]cc(c65)CC[C@@](C)(C[C@@H](O)[C@H]5OC5(C)C)C5=C4[C@](C)(CC5=O)[C@@]3(C)CC3(CCCC3)[C@H]21. The van der Waals surface area contributed by atoms with E-state index in [9.17, 15) is 10.2 Å². The standard InChI is InChI=1S/C71H96N4O6/c1-64(2)62(81-64)52(77)35-65(3)23-16-45-37-74-57-48(32-41-30-46(42-14-10-9-11-15-42)33-47(31-41)43-19-28-80-29-20-43)38-75(58(45)57)39-50-53-55(65)51(76)36-67(53,5)68(6)40-70(21-12-13-22-70)63-66(4,25-27-72-8)61(79)54-49-18-26-73-56(49)44-17-24-71(54,34-44)69(63,7)60(68)59(50)78/h18,26,30-31,33,37-38,42-44,50,52,54,59-60,62-63,72-74,77-78H,9-17,19-25,27-29,32,34-36,39-40H2,1-8H3/t44-,50+,52+,54+,59+,60-,62+,63-,65-,66+,67-,68-,69-,71-/m0/s1. The fourth-order valence-electron chi connectivity index (χ4n) is 23.8. The predicted octanol–water partition coefficient (Wildman–Crippen LogP) is 13.4. The van der Waals surface area contributed by atoms with Crippen molar-refractivity contribution in [2.24, 2.45) is 55.7 Å². The van der Waals surface area contributed by atoms with Crippen LogP contribution in [0.25, 0.3) is 11.0 Å². The lowest BCUT2D eigenvalue weighted by atomic mass is 9.24. The summed E-state index contributed by atoms with van der Waals surface area (Å²) in [5.41, 5.74) is 10.3. The number of aryl methyl sites for hydroxylation is 1. The molecule has 436 valence electrons. The summed E-state index contributed by atoms with van der Waals surface area (Å²) in [4.78, 5) is 40.3. The molecule has 14 atom stereocenters. The number of epoxide rings is 1. The number of aliphatic hydroxyl groups excluding tert-OH is 2. The summed E-state index contributed by atoms with van der Waals surface area (Å²) < 4.78 is 14.7. The Morgan fingerprint density at radius 3 is 2.31 bits per heavy atom. The second kappa shape index (κ2) is 18.4. The number of benzene rings is 1.